The summed E-state index contributed by atoms with van der Waals surface area (Å²) >= 11 is 0. The first-order chi connectivity index (χ1) is 29.2. The van der Waals surface area contributed by atoms with E-state index in [-0.39, 0.29) is 53.2 Å². The van der Waals surface area contributed by atoms with Crippen molar-refractivity contribution >= 4 is 29.5 Å². The Morgan fingerprint density at radius 2 is 0.455 bits per heavy atom. The fraction of sp³-hybridized carbons (Fsp3) is 0.556. The normalized spacial score (nSPS) is 14.0. The van der Waals surface area contributed by atoms with Crippen LogP contribution in [-0.4, -0.2) is 59.3 Å². The van der Waals surface area contributed by atoms with Crippen LogP contribution >= 0.6 is 0 Å². The van der Waals surface area contributed by atoms with Gasteiger partial charge in [-0.25, -0.2) is 25.3 Å². The molecule has 4 rings (SSSR count). The molecule has 0 aliphatic rings. The molecule has 0 aromatic heterocycles. The van der Waals surface area contributed by atoms with E-state index in [0.29, 0.717) is 50.1 Å². The van der Waals surface area contributed by atoms with E-state index in [0.717, 1.165) is 18.8 Å². The van der Waals surface area contributed by atoms with Crippen LogP contribution in [0.5, 0.6) is 17.2 Å². The van der Waals surface area contributed by atoms with Gasteiger partial charge in [0.1, 0.15) is 17.2 Å². The topological polar surface area (TPSA) is 163 Å². The third-order valence-corrected chi connectivity index (χ3v) is 16.0. The Balaban J connectivity index is 2.47. The second-order valence-electron chi connectivity index (χ2n) is 24.9. The molecule has 4 aromatic carbocycles. The minimum Gasteiger partial charge on any atom is -0.507 e. The Morgan fingerprint density at radius 3 is 0.561 bits per heavy atom. The van der Waals surface area contributed by atoms with Gasteiger partial charge in [-0.2, -0.15) is 0 Å². The van der Waals surface area contributed by atoms with Crippen LogP contribution in [0.3, 0.4) is 0 Å². The molecule has 0 saturated carbocycles. The third-order valence-electron chi connectivity index (χ3n) is 12.3. The summed E-state index contributed by atoms with van der Waals surface area (Å²) in [4.78, 5) is -1.18. The van der Waals surface area contributed by atoms with E-state index < -0.39 is 76.7 Å². The fourth-order valence-corrected chi connectivity index (χ4v) is 13.0. The first-order valence-corrected chi connectivity index (χ1v) is 28.3. The Kier molecular flexibility index (Phi) is 14.3. The van der Waals surface area contributed by atoms with Crippen LogP contribution in [-0.2, 0) is 81.3 Å². The van der Waals surface area contributed by atoms with Gasteiger partial charge in [-0.15, -0.1) is 0 Å². The smallest absolute Gasteiger partial charge is 0.176 e. The van der Waals surface area contributed by atoms with E-state index in [4.69, 9.17) is 0 Å². The summed E-state index contributed by atoms with van der Waals surface area (Å²) in [6.07, 6.45) is 2.21. The van der Waals surface area contributed by atoms with Crippen molar-refractivity contribution in [1.29, 1.82) is 0 Å². The second kappa shape index (κ2) is 17.3. The highest BCUT2D eigenvalue weighted by molar-refractivity contribution is 7.92. The fourth-order valence-electron chi connectivity index (χ4n) is 9.11. The number of rotatable bonds is 9. The standard InChI is InChI=1S/C54H78O9S3/c1-49(2,3)37-25-31(26-38(43(37)55)50(4,5)6)22-34-46(64(19,58)59)35(23-32-27-39(51(7,8)9)44(56)40(28-32)52(10,11)12)48(66(21,62)63)36(47(34)65(20,60)61)24-33-29-41(53(13,14)15)45(57)42(30-33)54(16,17)18/h25-30,55-57H,22-24H2,1-21H3. The van der Waals surface area contributed by atoms with Gasteiger partial charge in [0.05, 0.1) is 14.7 Å². The molecule has 9 nitrogen and oxygen atoms in total. The summed E-state index contributed by atoms with van der Waals surface area (Å²) in [5, 5.41) is 35.2. The Morgan fingerprint density at radius 1 is 0.318 bits per heavy atom. The van der Waals surface area contributed by atoms with Gasteiger partial charge in [-0.05, 0) is 99.3 Å². The van der Waals surface area contributed by atoms with E-state index >= 15 is 0 Å². The van der Waals surface area contributed by atoms with E-state index in [2.05, 4.69) is 0 Å². The van der Waals surface area contributed by atoms with Gasteiger partial charge < -0.3 is 15.3 Å². The zero-order chi connectivity index (χ0) is 51.3. The molecule has 0 bridgehead atoms. The van der Waals surface area contributed by atoms with Gasteiger partial charge in [0, 0.05) is 38.0 Å². The summed E-state index contributed by atoms with van der Waals surface area (Å²) in [6, 6.07) is 10.7. The maximum absolute atomic E-state index is 14.7. The van der Waals surface area contributed by atoms with Crippen molar-refractivity contribution in [2.75, 3.05) is 18.8 Å². The largest absolute Gasteiger partial charge is 0.507 e. The molecule has 0 atom stereocenters. The molecule has 366 valence electrons. The predicted octanol–water partition coefficient (Wildman–Crippen LogP) is 11.6. The molecule has 0 radical (unpaired) electrons. The summed E-state index contributed by atoms with van der Waals surface area (Å²) in [6.45, 7) is 35.1. The van der Waals surface area contributed by atoms with E-state index in [9.17, 15) is 40.6 Å². The van der Waals surface area contributed by atoms with E-state index in [1.807, 2.05) is 125 Å². The number of phenolic OH excluding ortho intramolecular Hbond substituents is 3. The third kappa shape index (κ3) is 11.7. The number of sulfone groups is 3. The molecule has 12 heteroatoms. The SMILES string of the molecule is CC(C)(C)c1cc(Cc2c(S(C)(=O)=O)c(Cc3cc(C(C)(C)C)c(O)c(C(C)(C)C)c3)c(S(C)(=O)=O)c(Cc3cc(C(C)(C)C)c(O)c(C(C)(C)C)c3)c2S(C)(=O)=O)cc(C(C)(C)C)c1O. The molecule has 0 aliphatic heterocycles. The van der Waals surface area contributed by atoms with Gasteiger partial charge >= 0.3 is 0 Å². The monoisotopic (exact) mass is 966 g/mol. The lowest BCUT2D eigenvalue weighted by Crippen LogP contribution is -2.23. The average molecular weight is 967 g/mol. The maximum Gasteiger partial charge on any atom is 0.176 e. The molecule has 0 spiro atoms. The minimum atomic E-state index is -4.45. The van der Waals surface area contributed by atoms with Crippen molar-refractivity contribution in [2.45, 2.75) is 191 Å². The molecule has 0 saturated heterocycles. The summed E-state index contributed by atoms with van der Waals surface area (Å²) in [5.74, 6) is 0.271. The number of hydrogen-bond donors (Lipinski definition) is 3. The lowest BCUT2D eigenvalue weighted by molar-refractivity contribution is 0.422. The van der Waals surface area contributed by atoms with Crippen molar-refractivity contribution in [2.24, 2.45) is 0 Å². The second-order valence-corrected chi connectivity index (χ2v) is 30.7. The van der Waals surface area contributed by atoms with E-state index in [1.54, 1.807) is 36.4 Å². The lowest BCUT2D eigenvalue weighted by atomic mass is 9.77. The molecule has 66 heavy (non-hydrogen) atoms. The molecule has 0 aliphatic carbocycles. The van der Waals surface area contributed by atoms with Crippen molar-refractivity contribution in [3.63, 3.8) is 0 Å². The highest BCUT2D eigenvalue weighted by Gasteiger charge is 2.38. The van der Waals surface area contributed by atoms with Gasteiger partial charge in [0.2, 0.25) is 0 Å². The Hall–Kier alpha value is -3.87. The van der Waals surface area contributed by atoms with Crippen LogP contribution in [0.25, 0.3) is 0 Å². The first-order valence-electron chi connectivity index (χ1n) is 22.6. The highest BCUT2D eigenvalue weighted by atomic mass is 32.2. The molecular weight excluding hydrogens is 889 g/mol. The Labute approximate surface area is 398 Å². The van der Waals surface area contributed by atoms with Gasteiger partial charge in [0.25, 0.3) is 0 Å². The van der Waals surface area contributed by atoms with Crippen LogP contribution in [0.15, 0.2) is 51.1 Å². The quantitative estimate of drug-likeness (QED) is 0.148. The van der Waals surface area contributed by atoms with Crippen molar-refractivity contribution in [3.8, 4) is 17.2 Å². The van der Waals surface area contributed by atoms with Crippen LogP contribution in [0.4, 0.5) is 0 Å². The number of aromatic hydroxyl groups is 3. The molecule has 0 fully saturated rings. The average Bonchev–Trinajstić information content (AvgIpc) is 3.05. The van der Waals surface area contributed by atoms with Crippen molar-refractivity contribution < 1.29 is 40.6 Å². The lowest BCUT2D eigenvalue weighted by Gasteiger charge is -2.30. The molecule has 0 unspecified atom stereocenters. The molecule has 0 amide bonds. The van der Waals surface area contributed by atoms with Gasteiger partial charge in [-0.1, -0.05) is 161 Å². The highest BCUT2D eigenvalue weighted by Crippen LogP contribution is 2.47. The summed E-state index contributed by atoms with van der Waals surface area (Å²) < 4.78 is 88.5. The van der Waals surface area contributed by atoms with Crippen molar-refractivity contribution in [1.82, 2.24) is 0 Å². The Bertz CT molecular complexity index is 2470. The molecule has 4 aromatic rings. The molecule has 3 N–H and O–H groups in total. The first kappa shape index (κ1) is 54.7. The van der Waals surface area contributed by atoms with Crippen LogP contribution in [0.1, 0.15) is 191 Å². The van der Waals surface area contributed by atoms with E-state index in [1.165, 1.54) is 0 Å². The van der Waals surface area contributed by atoms with Crippen LogP contribution < -0.4 is 0 Å². The zero-order valence-corrected chi connectivity index (χ0v) is 46.1. The maximum atomic E-state index is 14.7. The summed E-state index contributed by atoms with van der Waals surface area (Å²) in [7, 11) is -13.3. The number of hydrogen-bond acceptors (Lipinski definition) is 9. The number of benzene rings is 4. The summed E-state index contributed by atoms with van der Waals surface area (Å²) in [5.41, 5.74) is 1.39. The van der Waals surface area contributed by atoms with Crippen LogP contribution in [0, 0.1) is 0 Å². The van der Waals surface area contributed by atoms with Gasteiger partial charge in [0.15, 0.2) is 29.5 Å². The van der Waals surface area contributed by atoms with Crippen molar-refractivity contribution in [3.05, 3.63) is 103 Å². The molecule has 0 heterocycles. The molecular formula is C54H78O9S3. The van der Waals surface area contributed by atoms with Crippen LogP contribution in [0.2, 0.25) is 0 Å². The van der Waals surface area contributed by atoms with Gasteiger partial charge in [-0.3, -0.25) is 0 Å². The minimum absolute atomic E-state index is 0.0699. The predicted molar refractivity (Wildman–Crippen MR) is 271 cm³/mol. The number of phenols is 3. The zero-order valence-electron chi connectivity index (χ0n) is 43.6.